The Morgan fingerprint density at radius 1 is 0.333 bits per heavy atom. The summed E-state index contributed by atoms with van der Waals surface area (Å²) >= 11 is 0. The molecular formula is C127H144O23. The van der Waals surface area contributed by atoms with Crippen LogP contribution in [0.25, 0.3) is 0 Å². The molecule has 11 fully saturated rings. The van der Waals surface area contributed by atoms with Crippen LogP contribution in [0.5, 0.6) is 0 Å². The predicted molar refractivity (Wildman–Crippen MR) is 560 cm³/mol. The number of hydrogen-bond acceptors (Lipinski definition) is 23. The molecule has 23 heteroatoms. The van der Waals surface area contributed by atoms with E-state index in [0.29, 0.717) is 47.0 Å². The smallest absolute Gasteiger partial charge is 0.338 e. The van der Waals surface area contributed by atoms with Crippen molar-refractivity contribution in [2.75, 3.05) is 33.0 Å². The molecule has 0 amide bonds. The maximum absolute atomic E-state index is 15.9. The quantitative estimate of drug-likeness (QED) is 0.0257. The fourth-order valence-corrected chi connectivity index (χ4v) is 26.3. The van der Waals surface area contributed by atoms with E-state index in [0.717, 1.165) is 102 Å². The number of hydrogen-bond donors (Lipinski definition) is 0. The third-order valence-corrected chi connectivity index (χ3v) is 34.1. The number of fused-ring (bicyclic) bond motifs is 8. The molecule has 7 heterocycles. The van der Waals surface area contributed by atoms with E-state index in [4.69, 9.17) is 104 Å². The standard InChI is InChI=1S/C127H144O23/c1-84-62-67-127(140-70-84)85(2)107-102(150-127)69-101-99-61-60-97-68-98(63-65-125(97,3)100(99)64-66-126(101,107)4)141-122-116(137-79-94-54-32-13-33-55-94)113(135-77-92-50-28-11-29-51-92)110(105(143-122)81-130-72-87-40-18-6-19-41-87)147-124-118(149-123-117(145-119(128)95-56-34-14-35-57-95)112(134-76-91-48-26-10-27-49-91)109(133-75-90-46-24-9-25-47-90)104(142-123)80-129-71-86-38-16-5-17-39-86)114(111-106(144-124)83-138-120(146-111)96-58-36-15-37-59-96)148-121-115(136-78-93-52-30-12-31-53-93)108(132-74-89-44-22-8-23-45-89)103(82-139-121)131-73-88-42-20-7-21-43-88/h5-59,84-85,97-118,120-124H,60-83H2,1-4H3/t84-,85+,97+,98+,99-,100+,101+,102+,103-,104-,105-,106-,107+,108+,109-,110+,111-,112+,113+,114+,115-,116-,117-,118-,120-,121+,122-,123+,124+,125+,126+,127-/m1/s1. The first-order valence-electron chi connectivity index (χ1n) is 54.7. The van der Waals surface area contributed by atoms with Gasteiger partial charge >= 0.3 is 5.97 Å². The van der Waals surface area contributed by atoms with E-state index in [1.807, 2.05) is 285 Å². The molecule has 32 atom stereocenters. The van der Waals surface area contributed by atoms with E-state index in [2.05, 4.69) is 52.0 Å². The van der Waals surface area contributed by atoms with E-state index in [1.165, 1.54) is 19.3 Å². The van der Waals surface area contributed by atoms with Crippen LogP contribution in [0, 0.1) is 52.3 Å². The number of rotatable bonds is 40. The zero-order valence-corrected chi connectivity index (χ0v) is 86.4. The van der Waals surface area contributed by atoms with Gasteiger partial charge < -0.3 is 104 Å². The molecule has 0 unspecified atom stereocenters. The van der Waals surface area contributed by atoms with Gasteiger partial charge in [-0.15, -0.1) is 0 Å². The third-order valence-electron chi connectivity index (χ3n) is 34.1. The normalized spacial score (nSPS) is 34.5. The minimum atomic E-state index is -1.68. The van der Waals surface area contributed by atoms with Crippen LogP contribution in [0.2, 0.25) is 0 Å². The van der Waals surface area contributed by atoms with Crippen LogP contribution in [-0.2, 0) is 164 Å². The average Bonchev–Trinajstić information content (AvgIpc) is 1.52. The van der Waals surface area contributed by atoms with Gasteiger partial charge in [0, 0.05) is 17.9 Å². The molecule has 11 aliphatic rings. The molecule has 1 spiro atoms. The van der Waals surface area contributed by atoms with Gasteiger partial charge in [0.2, 0.25) is 0 Å². The number of carbonyl (C=O) groups excluding carboxylic acids is 1. The van der Waals surface area contributed by atoms with Crippen molar-refractivity contribution in [2.45, 2.75) is 292 Å². The Morgan fingerprint density at radius 3 is 1.27 bits per heavy atom. The van der Waals surface area contributed by atoms with Gasteiger partial charge in [0.15, 0.2) is 43.3 Å². The summed E-state index contributed by atoms with van der Waals surface area (Å²) in [4.78, 5) is 15.9. The molecule has 0 N–H and O–H groups in total. The minimum absolute atomic E-state index is 0.0169. The lowest BCUT2D eigenvalue weighted by Gasteiger charge is -2.61. The van der Waals surface area contributed by atoms with Crippen molar-refractivity contribution < 1.29 is 109 Å². The first-order valence-corrected chi connectivity index (χ1v) is 54.7. The van der Waals surface area contributed by atoms with Crippen LogP contribution in [0.1, 0.15) is 164 Å². The van der Waals surface area contributed by atoms with Crippen LogP contribution in [0.4, 0.5) is 0 Å². The predicted octanol–water partition coefficient (Wildman–Crippen LogP) is 22.4. The molecule has 7 aliphatic heterocycles. The maximum Gasteiger partial charge on any atom is 0.338 e. The van der Waals surface area contributed by atoms with E-state index >= 15 is 4.79 Å². The van der Waals surface area contributed by atoms with Crippen LogP contribution in [0.15, 0.2) is 334 Å². The van der Waals surface area contributed by atoms with Crippen LogP contribution >= 0.6 is 0 Å². The second-order valence-corrected chi connectivity index (χ2v) is 43.7. The van der Waals surface area contributed by atoms with Crippen LogP contribution in [0.3, 0.4) is 0 Å². The zero-order valence-electron chi connectivity index (χ0n) is 86.4. The minimum Gasteiger partial charge on any atom is -0.450 e. The molecule has 150 heavy (non-hydrogen) atoms. The number of benzene rings is 11. The summed E-state index contributed by atoms with van der Waals surface area (Å²) in [7, 11) is 0. The van der Waals surface area contributed by atoms with Gasteiger partial charge in [0.05, 0.1) is 110 Å². The molecule has 0 bridgehead atoms. The number of ether oxygens (including phenoxy) is 22. The molecule has 22 rings (SSSR count). The van der Waals surface area contributed by atoms with Crippen LogP contribution < -0.4 is 0 Å². The van der Waals surface area contributed by atoms with Gasteiger partial charge in [0.1, 0.15) is 85.5 Å². The SMILES string of the molecule is C[C@@H]1CC[C@@]2(OC1)O[C@H]1C[C@H]3[C@@H]4CC[C@H]5C[C@@H](O[C@@H]6O[C@H](COCc7ccccc7)[C@H](O[C@@H]7O[C@@H]8CO[C@@H](c9ccccc9)O[C@H]8[C@H](O[C@@H]8OC[C@@H](OCc9ccccc9)[C@H](OCc9ccccc9)[C@H]8OCc8ccccc8)[C@H]7O[C@@H]7O[C@H](COCc8ccccc8)[C@@H](OCc8ccccc8)[C@H](OCc8ccccc8)[C@H]7OC(=O)c7ccccc7)[C@H](OCc7ccccc7)[C@H]6OCc6ccccc6)CC[C@]5(C)[C@H]4CC[C@]3(C)[C@H]1[C@@H]2C. The van der Waals surface area contributed by atoms with Crippen LogP contribution in [-0.4, -0.2) is 174 Å². The summed E-state index contributed by atoms with van der Waals surface area (Å²) in [5.41, 5.74) is 9.30. The van der Waals surface area contributed by atoms with E-state index in [-0.39, 0.29) is 114 Å². The largest absolute Gasteiger partial charge is 0.450 e. The van der Waals surface area contributed by atoms with Gasteiger partial charge in [-0.2, -0.15) is 0 Å². The summed E-state index contributed by atoms with van der Waals surface area (Å²) < 4.78 is 166. The molecule has 11 aromatic rings. The van der Waals surface area contributed by atoms with E-state index in [9.17, 15) is 0 Å². The number of carbonyl (C=O) groups is 1. The molecule has 23 nitrogen and oxygen atoms in total. The Bertz CT molecular complexity index is 5940. The lowest BCUT2D eigenvalue weighted by molar-refractivity contribution is -0.427. The molecular weight excluding hydrogens is 1890 g/mol. The fraction of sp³-hybridized carbons (Fsp3) is 0.472. The lowest BCUT2D eigenvalue weighted by Crippen LogP contribution is -2.70. The van der Waals surface area contributed by atoms with Gasteiger partial charge in [0.25, 0.3) is 0 Å². The van der Waals surface area contributed by atoms with Crippen molar-refractivity contribution in [3.63, 3.8) is 0 Å². The van der Waals surface area contributed by atoms with E-state index in [1.54, 1.807) is 24.3 Å². The molecule has 0 aromatic heterocycles. The Kier molecular flexibility index (Phi) is 34.3. The fourth-order valence-electron chi connectivity index (χ4n) is 26.3. The first kappa shape index (κ1) is 104. The van der Waals surface area contributed by atoms with Crippen molar-refractivity contribution in [1.29, 1.82) is 0 Å². The van der Waals surface area contributed by atoms with E-state index < -0.39 is 135 Å². The summed E-state index contributed by atoms with van der Waals surface area (Å²) in [6.07, 6.45) is -13.5. The Labute approximate surface area is 882 Å². The molecule has 0 radical (unpaired) electrons. The summed E-state index contributed by atoms with van der Waals surface area (Å²) in [6, 6.07) is 109. The zero-order chi connectivity index (χ0) is 102. The molecule has 4 saturated carbocycles. The van der Waals surface area contributed by atoms with Gasteiger partial charge in [-0.1, -0.05) is 349 Å². The summed E-state index contributed by atoms with van der Waals surface area (Å²) in [5.74, 6) is 2.31. The Hall–Kier alpha value is -9.95. The topological polar surface area (TPSA) is 220 Å². The highest BCUT2D eigenvalue weighted by molar-refractivity contribution is 5.89. The highest BCUT2D eigenvalue weighted by Crippen LogP contribution is 2.72. The van der Waals surface area contributed by atoms with Crippen molar-refractivity contribution in [3.05, 3.63) is 395 Å². The van der Waals surface area contributed by atoms with Crippen molar-refractivity contribution in [1.82, 2.24) is 0 Å². The van der Waals surface area contributed by atoms with Crippen molar-refractivity contribution >= 4 is 5.97 Å². The van der Waals surface area contributed by atoms with Gasteiger partial charge in [-0.05, 0) is 166 Å². The second-order valence-electron chi connectivity index (χ2n) is 43.7. The first-order chi connectivity index (χ1) is 73.7. The molecule has 11 aromatic carbocycles. The van der Waals surface area contributed by atoms with Gasteiger partial charge in [-0.3, -0.25) is 0 Å². The summed E-state index contributed by atoms with van der Waals surface area (Å²) in [6.45, 7) is 11.7. The second kappa shape index (κ2) is 49.2. The van der Waals surface area contributed by atoms with Crippen molar-refractivity contribution in [2.24, 2.45) is 52.3 Å². The Morgan fingerprint density at radius 2 is 0.760 bits per heavy atom. The Balaban J connectivity index is 0.678. The molecule has 7 saturated heterocycles. The average molecular weight is 2040 g/mol. The molecule has 790 valence electrons. The monoisotopic (exact) mass is 2040 g/mol. The highest BCUT2D eigenvalue weighted by atomic mass is 16.8. The summed E-state index contributed by atoms with van der Waals surface area (Å²) in [5, 5.41) is 0. The molecule has 4 aliphatic carbocycles. The third kappa shape index (κ3) is 24.2. The maximum atomic E-state index is 15.9. The van der Waals surface area contributed by atoms with Gasteiger partial charge in [-0.25, -0.2) is 4.79 Å². The van der Waals surface area contributed by atoms with Crippen molar-refractivity contribution in [3.8, 4) is 0 Å². The number of esters is 1. The lowest BCUT2D eigenvalue weighted by atomic mass is 9.44. The highest BCUT2D eigenvalue weighted by Gasteiger charge is 2.70.